The normalized spacial score (nSPS) is 26.2. The lowest BCUT2D eigenvalue weighted by Gasteiger charge is -2.34. The van der Waals surface area contributed by atoms with Gasteiger partial charge in [0.15, 0.2) is 0 Å². The predicted octanol–water partition coefficient (Wildman–Crippen LogP) is 2.14. The third-order valence-corrected chi connectivity index (χ3v) is 5.17. The smallest absolute Gasteiger partial charge is 0.244 e. The molecule has 0 aromatic heterocycles. The quantitative estimate of drug-likeness (QED) is 0.838. The molecular weight excluding hydrogens is 274 g/mol. The van der Waals surface area contributed by atoms with Crippen molar-refractivity contribution in [3.8, 4) is 0 Å². The maximum Gasteiger partial charge on any atom is 0.244 e. The zero-order valence-electron chi connectivity index (χ0n) is 10.3. The first-order chi connectivity index (χ1) is 8.41. The molecule has 18 heavy (non-hydrogen) atoms. The third kappa shape index (κ3) is 2.69. The Morgan fingerprint density at radius 2 is 1.78 bits per heavy atom. The third-order valence-electron chi connectivity index (χ3n) is 2.84. The molecule has 1 aromatic rings. The SMILES string of the molecule is CC1CN(S(=O)(=O)c2ccccc2Cl)CC(C)O1. The van der Waals surface area contributed by atoms with Crippen LogP contribution in [0.25, 0.3) is 0 Å². The first-order valence-electron chi connectivity index (χ1n) is 5.81. The van der Waals surface area contributed by atoms with Crippen molar-refractivity contribution in [1.82, 2.24) is 4.31 Å². The van der Waals surface area contributed by atoms with Crippen LogP contribution in [0.4, 0.5) is 0 Å². The fourth-order valence-electron chi connectivity index (χ4n) is 2.12. The standard InChI is InChI=1S/C12H16ClNO3S/c1-9-7-14(8-10(2)17-9)18(15,16)12-6-4-3-5-11(12)13/h3-6,9-10H,7-8H2,1-2H3. The van der Waals surface area contributed by atoms with Gasteiger partial charge in [0.05, 0.1) is 17.2 Å². The van der Waals surface area contributed by atoms with Gasteiger partial charge in [0.2, 0.25) is 10.0 Å². The molecule has 1 heterocycles. The van der Waals surface area contributed by atoms with Crippen LogP contribution in [0.1, 0.15) is 13.8 Å². The van der Waals surface area contributed by atoms with Crippen LogP contribution in [0.5, 0.6) is 0 Å². The summed E-state index contributed by atoms with van der Waals surface area (Å²) in [7, 11) is -3.54. The summed E-state index contributed by atoms with van der Waals surface area (Å²) in [5.74, 6) is 0. The van der Waals surface area contributed by atoms with Gasteiger partial charge in [-0.25, -0.2) is 8.42 Å². The van der Waals surface area contributed by atoms with Crippen molar-refractivity contribution in [2.45, 2.75) is 31.0 Å². The highest BCUT2D eigenvalue weighted by molar-refractivity contribution is 7.89. The van der Waals surface area contributed by atoms with Gasteiger partial charge in [0.25, 0.3) is 0 Å². The molecule has 2 unspecified atom stereocenters. The second-order valence-corrected chi connectivity index (χ2v) is 6.82. The molecular formula is C12H16ClNO3S. The van der Waals surface area contributed by atoms with E-state index in [9.17, 15) is 8.42 Å². The fraction of sp³-hybridized carbons (Fsp3) is 0.500. The van der Waals surface area contributed by atoms with E-state index in [-0.39, 0.29) is 22.1 Å². The molecule has 1 aliphatic heterocycles. The lowest BCUT2D eigenvalue weighted by molar-refractivity contribution is -0.0440. The Bertz CT molecular complexity index is 522. The Balaban J connectivity index is 2.34. The van der Waals surface area contributed by atoms with Crippen molar-refractivity contribution in [3.63, 3.8) is 0 Å². The summed E-state index contributed by atoms with van der Waals surface area (Å²) in [6.45, 7) is 4.45. The van der Waals surface area contributed by atoms with E-state index in [1.807, 2.05) is 13.8 Å². The van der Waals surface area contributed by atoms with Crippen molar-refractivity contribution in [2.75, 3.05) is 13.1 Å². The first-order valence-corrected chi connectivity index (χ1v) is 7.63. The number of nitrogens with zero attached hydrogens (tertiary/aromatic N) is 1. The van der Waals surface area contributed by atoms with Gasteiger partial charge in [-0.15, -0.1) is 0 Å². The maximum absolute atomic E-state index is 12.5. The topological polar surface area (TPSA) is 46.6 Å². The summed E-state index contributed by atoms with van der Waals surface area (Å²) in [5, 5.41) is 0.254. The minimum Gasteiger partial charge on any atom is -0.373 e. The Kier molecular flexibility index (Phi) is 3.96. The summed E-state index contributed by atoms with van der Waals surface area (Å²) in [6.07, 6.45) is -0.211. The Morgan fingerprint density at radius 1 is 1.22 bits per heavy atom. The summed E-state index contributed by atoms with van der Waals surface area (Å²) >= 11 is 5.96. The molecule has 1 aliphatic rings. The van der Waals surface area contributed by atoms with E-state index in [0.29, 0.717) is 13.1 Å². The molecule has 100 valence electrons. The van der Waals surface area contributed by atoms with E-state index in [0.717, 1.165) is 0 Å². The van der Waals surface area contributed by atoms with E-state index in [1.165, 1.54) is 10.4 Å². The summed E-state index contributed by atoms with van der Waals surface area (Å²) in [4.78, 5) is 0.160. The van der Waals surface area contributed by atoms with Gasteiger partial charge >= 0.3 is 0 Å². The maximum atomic E-state index is 12.5. The van der Waals surface area contributed by atoms with Crippen LogP contribution in [0.3, 0.4) is 0 Å². The minimum absolute atomic E-state index is 0.106. The van der Waals surface area contributed by atoms with E-state index >= 15 is 0 Å². The molecule has 0 saturated carbocycles. The largest absolute Gasteiger partial charge is 0.373 e. The summed E-state index contributed by atoms with van der Waals surface area (Å²) in [5.41, 5.74) is 0. The molecule has 1 aromatic carbocycles. The molecule has 6 heteroatoms. The molecule has 0 spiro atoms. The van der Waals surface area contributed by atoms with E-state index in [2.05, 4.69) is 0 Å². The molecule has 4 nitrogen and oxygen atoms in total. The fourth-order valence-corrected chi connectivity index (χ4v) is 4.20. The van der Waals surface area contributed by atoms with Crippen molar-refractivity contribution in [3.05, 3.63) is 29.3 Å². The average Bonchev–Trinajstić information content (AvgIpc) is 2.28. The lowest BCUT2D eigenvalue weighted by Crippen LogP contribution is -2.48. The number of hydrogen-bond acceptors (Lipinski definition) is 3. The number of rotatable bonds is 2. The first kappa shape index (κ1) is 13.8. The lowest BCUT2D eigenvalue weighted by atomic mass is 10.3. The summed E-state index contributed by atoms with van der Waals surface area (Å²) < 4.78 is 31.9. The number of hydrogen-bond donors (Lipinski definition) is 0. The molecule has 1 saturated heterocycles. The van der Waals surface area contributed by atoms with Gasteiger partial charge < -0.3 is 4.74 Å². The Morgan fingerprint density at radius 3 is 2.33 bits per heavy atom. The van der Waals surface area contributed by atoms with Gasteiger partial charge in [-0.1, -0.05) is 23.7 Å². The zero-order valence-corrected chi connectivity index (χ0v) is 11.9. The highest BCUT2D eigenvalue weighted by atomic mass is 35.5. The van der Waals surface area contributed by atoms with Gasteiger partial charge in [-0.3, -0.25) is 0 Å². The number of ether oxygens (including phenoxy) is 1. The molecule has 0 bridgehead atoms. The average molecular weight is 290 g/mol. The number of morpholine rings is 1. The monoisotopic (exact) mass is 289 g/mol. The van der Waals surface area contributed by atoms with Gasteiger partial charge in [-0.05, 0) is 26.0 Å². The van der Waals surface area contributed by atoms with Gasteiger partial charge in [0, 0.05) is 13.1 Å². The van der Waals surface area contributed by atoms with Gasteiger partial charge in [0.1, 0.15) is 4.90 Å². The predicted molar refractivity (Wildman–Crippen MR) is 70.2 cm³/mol. The van der Waals surface area contributed by atoms with E-state index < -0.39 is 10.0 Å². The van der Waals surface area contributed by atoms with Crippen molar-refractivity contribution in [2.24, 2.45) is 0 Å². The highest BCUT2D eigenvalue weighted by Gasteiger charge is 2.33. The Hall–Kier alpha value is -0.620. The van der Waals surface area contributed by atoms with E-state index in [4.69, 9.17) is 16.3 Å². The Labute approximate surface area is 113 Å². The molecule has 1 fully saturated rings. The van der Waals surface area contributed by atoms with Crippen LogP contribution >= 0.6 is 11.6 Å². The van der Waals surface area contributed by atoms with Crippen LogP contribution < -0.4 is 0 Å². The second-order valence-electron chi connectivity index (χ2n) is 4.51. The number of sulfonamides is 1. The highest BCUT2D eigenvalue weighted by Crippen LogP contribution is 2.26. The molecule has 0 N–H and O–H groups in total. The van der Waals surface area contributed by atoms with E-state index in [1.54, 1.807) is 18.2 Å². The summed E-state index contributed by atoms with van der Waals surface area (Å²) in [6, 6.07) is 6.50. The number of benzene rings is 1. The molecule has 0 amide bonds. The van der Waals surface area contributed by atoms with Crippen LogP contribution in [-0.2, 0) is 14.8 Å². The second kappa shape index (κ2) is 5.17. The zero-order chi connectivity index (χ0) is 13.3. The minimum atomic E-state index is -3.54. The van der Waals surface area contributed by atoms with Crippen LogP contribution in [-0.4, -0.2) is 38.0 Å². The van der Waals surface area contributed by atoms with Crippen molar-refractivity contribution < 1.29 is 13.2 Å². The molecule has 0 aliphatic carbocycles. The van der Waals surface area contributed by atoms with Crippen LogP contribution in [0, 0.1) is 0 Å². The van der Waals surface area contributed by atoms with Crippen LogP contribution in [0.2, 0.25) is 5.02 Å². The van der Waals surface area contributed by atoms with Crippen molar-refractivity contribution in [1.29, 1.82) is 0 Å². The van der Waals surface area contributed by atoms with Gasteiger partial charge in [-0.2, -0.15) is 4.31 Å². The molecule has 0 radical (unpaired) electrons. The molecule has 2 rings (SSSR count). The number of halogens is 1. The van der Waals surface area contributed by atoms with Crippen LogP contribution in [0.15, 0.2) is 29.2 Å². The van der Waals surface area contributed by atoms with Crippen molar-refractivity contribution >= 4 is 21.6 Å². The molecule has 2 atom stereocenters.